The summed E-state index contributed by atoms with van der Waals surface area (Å²) < 4.78 is 4.08. The van der Waals surface area contributed by atoms with E-state index in [2.05, 4.69) is 63.2 Å². The van der Waals surface area contributed by atoms with Crippen LogP contribution in [-0.2, 0) is 13.0 Å². The van der Waals surface area contributed by atoms with Crippen LogP contribution in [0.2, 0.25) is 0 Å². The first-order valence-electron chi connectivity index (χ1n) is 13.7. The van der Waals surface area contributed by atoms with Crippen molar-refractivity contribution in [2.75, 3.05) is 0 Å². The van der Waals surface area contributed by atoms with Gasteiger partial charge in [0.05, 0.1) is 6.54 Å². The average molecular weight is 500 g/mol. The molecule has 2 atom stereocenters. The first kappa shape index (κ1) is 25.1. The molecule has 1 aliphatic carbocycles. The Balaban J connectivity index is 1.58. The maximum absolute atomic E-state index is 14.0. The molecule has 0 aliphatic heterocycles. The van der Waals surface area contributed by atoms with Crippen LogP contribution >= 0.6 is 0 Å². The van der Waals surface area contributed by atoms with Crippen molar-refractivity contribution in [1.82, 2.24) is 34.7 Å². The van der Waals surface area contributed by atoms with E-state index in [1.165, 1.54) is 12.8 Å². The molecule has 2 unspecified atom stereocenters. The number of pyridine rings is 1. The topological polar surface area (TPSA) is 94.3 Å². The van der Waals surface area contributed by atoms with Crippen molar-refractivity contribution in [3.63, 3.8) is 0 Å². The molecule has 1 saturated carbocycles. The van der Waals surface area contributed by atoms with Gasteiger partial charge in [-0.2, -0.15) is 0 Å². The fraction of sp³-hybridized carbons (Fsp3) is 0.483. The number of aryl methyl sites for hydroxylation is 1. The fourth-order valence-electron chi connectivity index (χ4n) is 6.17. The SMILES string of the molecule is CCCCc1cn(C2C(CC)CCC2CC)c(=O)n1Cc1cnccc1-c1ccccc1-c1nnn[nH]1. The Bertz CT molecular complexity index is 1360. The Kier molecular flexibility index (Phi) is 7.63. The number of imidazole rings is 1. The Morgan fingerprint density at radius 1 is 1.00 bits per heavy atom. The molecule has 1 aliphatic rings. The highest BCUT2D eigenvalue weighted by atomic mass is 16.1. The van der Waals surface area contributed by atoms with E-state index in [-0.39, 0.29) is 11.7 Å². The van der Waals surface area contributed by atoms with Gasteiger partial charge in [-0.15, -0.1) is 5.10 Å². The second kappa shape index (κ2) is 11.2. The molecule has 8 heteroatoms. The van der Waals surface area contributed by atoms with Crippen LogP contribution in [0.4, 0.5) is 0 Å². The number of unbranched alkanes of at least 4 members (excludes halogenated alkanes) is 1. The first-order valence-corrected chi connectivity index (χ1v) is 13.7. The summed E-state index contributed by atoms with van der Waals surface area (Å²) in [4.78, 5) is 18.5. The summed E-state index contributed by atoms with van der Waals surface area (Å²) in [6, 6.07) is 10.4. The Labute approximate surface area is 218 Å². The quantitative estimate of drug-likeness (QED) is 0.303. The highest BCUT2D eigenvalue weighted by Gasteiger charge is 2.36. The molecular formula is C29H37N7O. The number of H-pyrrole nitrogens is 1. The molecule has 0 radical (unpaired) electrons. The zero-order valence-corrected chi connectivity index (χ0v) is 22.1. The maximum Gasteiger partial charge on any atom is 0.328 e. The largest absolute Gasteiger partial charge is 0.328 e. The van der Waals surface area contributed by atoms with Gasteiger partial charge < -0.3 is 0 Å². The lowest BCUT2D eigenvalue weighted by molar-refractivity contribution is 0.288. The van der Waals surface area contributed by atoms with Gasteiger partial charge in [0.15, 0.2) is 5.82 Å². The van der Waals surface area contributed by atoms with Gasteiger partial charge in [-0.3, -0.25) is 14.1 Å². The third-order valence-corrected chi connectivity index (χ3v) is 8.17. The molecular weight excluding hydrogens is 462 g/mol. The predicted octanol–water partition coefficient (Wildman–Crippen LogP) is 5.67. The number of benzene rings is 1. The van der Waals surface area contributed by atoms with Gasteiger partial charge in [0.25, 0.3) is 0 Å². The second-order valence-electron chi connectivity index (χ2n) is 10.2. The molecule has 1 N–H and O–H groups in total. The van der Waals surface area contributed by atoms with Crippen molar-refractivity contribution in [3.05, 3.63) is 70.7 Å². The number of hydrogen-bond acceptors (Lipinski definition) is 5. The van der Waals surface area contributed by atoms with Crippen LogP contribution in [-0.4, -0.2) is 34.7 Å². The van der Waals surface area contributed by atoms with Gasteiger partial charge in [0.1, 0.15) is 0 Å². The molecule has 37 heavy (non-hydrogen) atoms. The van der Waals surface area contributed by atoms with Crippen LogP contribution in [0.25, 0.3) is 22.5 Å². The summed E-state index contributed by atoms with van der Waals surface area (Å²) >= 11 is 0. The minimum absolute atomic E-state index is 0.109. The highest BCUT2D eigenvalue weighted by molar-refractivity contribution is 5.81. The zero-order valence-electron chi connectivity index (χ0n) is 22.1. The fourth-order valence-corrected chi connectivity index (χ4v) is 6.17. The molecule has 0 saturated heterocycles. The summed E-state index contributed by atoms with van der Waals surface area (Å²) in [6.07, 6.45) is 13.6. The van der Waals surface area contributed by atoms with Crippen molar-refractivity contribution in [2.45, 2.75) is 78.3 Å². The minimum atomic E-state index is 0.109. The van der Waals surface area contributed by atoms with Crippen LogP contribution in [0.3, 0.4) is 0 Å². The number of tetrazole rings is 1. The third-order valence-electron chi connectivity index (χ3n) is 8.17. The summed E-state index contributed by atoms with van der Waals surface area (Å²) in [5.74, 6) is 1.74. The molecule has 0 bridgehead atoms. The molecule has 0 spiro atoms. The van der Waals surface area contributed by atoms with Crippen LogP contribution < -0.4 is 5.69 Å². The maximum atomic E-state index is 14.0. The Hall–Kier alpha value is -3.55. The van der Waals surface area contributed by atoms with Crippen LogP contribution in [0.5, 0.6) is 0 Å². The van der Waals surface area contributed by atoms with Crippen LogP contribution in [0.15, 0.2) is 53.7 Å². The molecule has 8 nitrogen and oxygen atoms in total. The van der Waals surface area contributed by atoms with Crippen LogP contribution in [0, 0.1) is 11.8 Å². The molecule has 5 rings (SSSR count). The summed E-state index contributed by atoms with van der Waals surface area (Å²) in [6.45, 7) is 7.21. The number of hydrogen-bond donors (Lipinski definition) is 1. The normalized spacial score (nSPS) is 19.5. The number of aromatic nitrogens is 7. The van der Waals surface area contributed by atoms with Crippen molar-refractivity contribution < 1.29 is 0 Å². The van der Waals surface area contributed by atoms with E-state index in [1.807, 2.05) is 35.0 Å². The molecule has 3 heterocycles. The Morgan fingerprint density at radius 3 is 2.43 bits per heavy atom. The van der Waals surface area contributed by atoms with Crippen molar-refractivity contribution in [3.8, 4) is 22.5 Å². The molecule has 4 aromatic rings. The summed E-state index contributed by atoms with van der Waals surface area (Å²) in [7, 11) is 0. The van der Waals surface area contributed by atoms with E-state index in [0.29, 0.717) is 24.2 Å². The molecule has 3 aromatic heterocycles. The standard InChI is InChI=1S/C29H37N7O/c1-4-7-10-23-19-36(27-20(5-2)13-14-21(27)6-3)29(37)35(23)18-22-17-30-16-15-24(22)25-11-8-9-12-26(25)28-31-33-34-32-28/h8-9,11-12,15-17,19-21,27H,4-7,10,13-14,18H2,1-3H3,(H,31,32,33,34). The van der Waals surface area contributed by atoms with E-state index in [1.54, 1.807) is 6.20 Å². The van der Waals surface area contributed by atoms with Crippen molar-refractivity contribution >= 4 is 0 Å². The van der Waals surface area contributed by atoms with E-state index in [4.69, 9.17) is 0 Å². The van der Waals surface area contributed by atoms with E-state index < -0.39 is 0 Å². The zero-order chi connectivity index (χ0) is 25.8. The lowest BCUT2D eigenvalue weighted by Crippen LogP contribution is -2.32. The van der Waals surface area contributed by atoms with Crippen molar-refractivity contribution in [1.29, 1.82) is 0 Å². The smallest absolute Gasteiger partial charge is 0.295 e. The predicted molar refractivity (Wildman–Crippen MR) is 145 cm³/mol. The number of nitrogens with zero attached hydrogens (tertiary/aromatic N) is 6. The third kappa shape index (κ3) is 4.89. The molecule has 1 fully saturated rings. The van der Waals surface area contributed by atoms with Crippen molar-refractivity contribution in [2.24, 2.45) is 11.8 Å². The lowest BCUT2D eigenvalue weighted by atomic mass is 9.93. The monoisotopic (exact) mass is 499 g/mol. The van der Waals surface area contributed by atoms with E-state index in [0.717, 1.165) is 60.1 Å². The van der Waals surface area contributed by atoms with Gasteiger partial charge in [-0.25, -0.2) is 9.89 Å². The van der Waals surface area contributed by atoms with Gasteiger partial charge in [0, 0.05) is 35.9 Å². The number of nitrogens with one attached hydrogen (secondary N) is 1. The van der Waals surface area contributed by atoms with Gasteiger partial charge >= 0.3 is 5.69 Å². The first-order chi connectivity index (χ1) is 18.2. The second-order valence-corrected chi connectivity index (χ2v) is 10.2. The number of aromatic amines is 1. The van der Waals surface area contributed by atoms with E-state index >= 15 is 0 Å². The molecule has 1 aromatic carbocycles. The summed E-state index contributed by atoms with van der Waals surface area (Å²) in [5.41, 5.74) is 5.18. The average Bonchev–Trinajstić information content (AvgIpc) is 3.68. The van der Waals surface area contributed by atoms with Crippen LogP contribution in [0.1, 0.15) is 76.6 Å². The van der Waals surface area contributed by atoms with Gasteiger partial charge in [-0.05, 0) is 70.7 Å². The minimum Gasteiger partial charge on any atom is -0.295 e. The summed E-state index contributed by atoms with van der Waals surface area (Å²) in [5, 5.41) is 14.5. The molecule has 0 amide bonds. The number of rotatable bonds is 10. The highest BCUT2D eigenvalue weighted by Crippen LogP contribution is 2.43. The Morgan fingerprint density at radius 2 is 1.76 bits per heavy atom. The lowest BCUT2D eigenvalue weighted by Gasteiger charge is -2.24. The van der Waals surface area contributed by atoms with Gasteiger partial charge in [0.2, 0.25) is 0 Å². The van der Waals surface area contributed by atoms with Gasteiger partial charge in [-0.1, -0.05) is 64.3 Å². The van der Waals surface area contributed by atoms with E-state index in [9.17, 15) is 4.79 Å². The molecule has 194 valence electrons.